The number of nitrogens with one attached hydrogen (secondary N) is 3. The number of carbonyl (C=O) groups excluding carboxylic acids is 2. The smallest absolute Gasteiger partial charge is 0.286 e. The van der Waals surface area contributed by atoms with Crippen molar-refractivity contribution in [2.75, 3.05) is 17.1 Å². The maximum atomic E-state index is 12.9. The molecule has 2 amide bonds. The van der Waals surface area contributed by atoms with Crippen molar-refractivity contribution in [3.05, 3.63) is 89.1 Å². The van der Waals surface area contributed by atoms with Crippen LogP contribution in [0.4, 0.5) is 11.4 Å². The summed E-state index contributed by atoms with van der Waals surface area (Å²) in [6.45, 7) is 0.223. The van der Waals surface area contributed by atoms with E-state index in [1.165, 1.54) is 6.07 Å². The Labute approximate surface area is 198 Å². The molecule has 0 radical (unpaired) electrons. The number of nitrogens with zero attached hydrogens (tertiary/aromatic N) is 2. The number of hydrogen-bond donors (Lipinski definition) is 4. The van der Waals surface area contributed by atoms with Crippen molar-refractivity contribution in [2.45, 2.75) is 0 Å². The number of hydrogen-bond acceptors (Lipinski definition) is 6. The first kappa shape index (κ1) is 21.4. The molecular formula is C24H18ClN5O4. The highest BCUT2D eigenvalue weighted by Gasteiger charge is 2.38. The van der Waals surface area contributed by atoms with E-state index in [0.717, 1.165) is 21.6 Å². The summed E-state index contributed by atoms with van der Waals surface area (Å²) in [5, 5.41) is 22.8. The van der Waals surface area contributed by atoms with E-state index in [-0.39, 0.29) is 22.9 Å². The first-order valence-corrected chi connectivity index (χ1v) is 10.6. The van der Waals surface area contributed by atoms with Gasteiger partial charge in [0.1, 0.15) is 11.5 Å². The van der Waals surface area contributed by atoms with Gasteiger partial charge in [-0.15, -0.1) is 0 Å². The van der Waals surface area contributed by atoms with Crippen molar-refractivity contribution < 1.29 is 19.4 Å². The molecule has 34 heavy (non-hydrogen) atoms. The van der Waals surface area contributed by atoms with Gasteiger partial charge in [0.2, 0.25) is 0 Å². The Morgan fingerprint density at radius 3 is 2.68 bits per heavy atom. The lowest BCUT2D eigenvalue weighted by molar-refractivity contribution is -0.117. The minimum atomic E-state index is -0.715. The van der Waals surface area contributed by atoms with Gasteiger partial charge in [0, 0.05) is 16.6 Å². The zero-order valence-electron chi connectivity index (χ0n) is 17.6. The molecule has 10 heteroatoms. The Balaban J connectivity index is 1.26. The summed E-state index contributed by atoms with van der Waals surface area (Å²) >= 11 is 6.09. The molecule has 0 atom stereocenters. The highest BCUT2D eigenvalue weighted by molar-refractivity contribution is 6.35. The van der Waals surface area contributed by atoms with Gasteiger partial charge in [0.05, 0.1) is 22.4 Å². The van der Waals surface area contributed by atoms with Crippen molar-refractivity contribution >= 4 is 51.5 Å². The number of fused-ring (bicyclic) bond motifs is 1. The van der Waals surface area contributed by atoms with E-state index in [9.17, 15) is 14.7 Å². The highest BCUT2D eigenvalue weighted by atomic mass is 35.5. The van der Waals surface area contributed by atoms with Gasteiger partial charge in [-0.25, -0.2) is 5.01 Å². The number of benzene rings is 3. The molecule has 1 saturated heterocycles. The fraction of sp³-hybridized carbons (Fsp3) is 0.0417. The molecule has 0 unspecified atom stereocenters. The van der Waals surface area contributed by atoms with Gasteiger partial charge >= 0.3 is 0 Å². The third-order valence-electron chi connectivity index (χ3n) is 5.28. The number of aromatic amines is 1. The summed E-state index contributed by atoms with van der Waals surface area (Å²) in [4.78, 5) is 25.3. The second kappa shape index (κ2) is 8.80. The molecule has 5 rings (SSSR count). The van der Waals surface area contributed by atoms with Crippen LogP contribution in [0, 0.1) is 0 Å². The Morgan fingerprint density at radius 1 is 1.09 bits per heavy atom. The highest BCUT2D eigenvalue weighted by Crippen LogP contribution is 2.29. The van der Waals surface area contributed by atoms with Crippen LogP contribution in [0.1, 0.15) is 5.56 Å². The van der Waals surface area contributed by atoms with Crippen LogP contribution in [0.25, 0.3) is 16.7 Å². The van der Waals surface area contributed by atoms with Gasteiger partial charge in [-0.2, -0.15) is 5.10 Å². The molecule has 0 aliphatic carbocycles. The summed E-state index contributed by atoms with van der Waals surface area (Å²) in [5.74, 6) is -1.17. The standard InChI is InChI=1S/C24H18ClN5O4/c25-19-4-2-1-3-18(19)22(31)21-23(32)29-30(24(21)33)16-7-5-15(6-8-16)26-13-34-17-9-10-20-14(11-17)12-27-28-20/h1-12,26,31H,13H2,(H,27,28)(H,29,32)/b22-21-. The lowest BCUT2D eigenvalue weighted by Crippen LogP contribution is -2.35. The molecule has 4 N–H and O–H groups in total. The molecule has 1 aromatic heterocycles. The van der Waals surface area contributed by atoms with E-state index in [0.29, 0.717) is 11.4 Å². The average Bonchev–Trinajstić information content (AvgIpc) is 3.43. The van der Waals surface area contributed by atoms with Gasteiger partial charge in [-0.05, 0) is 54.6 Å². The Kier molecular flexibility index (Phi) is 5.52. The second-order valence-electron chi connectivity index (χ2n) is 7.42. The minimum Gasteiger partial charge on any atom is -0.506 e. The van der Waals surface area contributed by atoms with Crippen molar-refractivity contribution in [1.82, 2.24) is 15.6 Å². The number of amides is 2. The predicted molar refractivity (Wildman–Crippen MR) is 128 cm³/mol. The van der Waals surface area contributed by atoms with Crippen LogP contribution in [0.15, 0.2) is 78.5 Å². The van der Waals surface area contributed by atoms with Crippen molar-refractivity contribution in [3.8, 4) is 5.75 Å². The number of rotatable bonds is 6. The van der Waals surface area contributed by atoms with Crippen molar-refractivity contribution in [1.29, 1.82) is 0 Å². The van der Waals surface area contributed by atoms with Crippen LogP contribution in [0.2, 0.25) is 5.02 Å². The van der Waals surface area contributed by atoms with Crippen LogP contribution in [0.5, 0.6) is 5.75 Å². The van der Waals surface area contributed by atoms with E-state index in [1.807, 2.05) is 18.2 Å². The number of aliphatic hydroxyl groups excluding tert-OH is 1. The van der Waals surface area contributed by atoms with E-state index in [4.69, 9.17) is 16.3 Å². The number of halogens is 1. The zero-order valence-corrected chi connectivity index (χ0v) is 18.3. The maximum absolute atomic E-state index is 12.9. The monoisotopic (exact) mass is 475 g/mol. The number of anilines is 2. The molecule has 1 aliphatic rings. The normalized spacial score (nSPS) is 14.9. The van der Waals surface area contributed by atoms with E-state index in [1.54, 1.807) is 48.7 Å². The maximum Gasteiger partial charge on any atom is 0.286 e. The quantitative estimate of drug-likeness (QED) is 0.145. The second-order valence-corrected chi connectivity index (χ2v) is 7.82. The van der Waals surface area contributed by atoms with Crippen molar-refractivity contribution in [2.24, 2.45) is 0 Å². The molecule has 1 fully saturated rings. The third kappa shape index (κ3) is 4.00. The first-order valence-electron chi connectivity index (χ1n) is 10.2. The fourth-order valence-electron chi connectivity index (χ4n) is 3.54. The number of H-pyrrole nitrogens is 1. The lowest BCUT2D eigenvalue weighted by atomic mass is 10.1. The fourth-order valence-corrected chi connectivity index (χ4v) is 3.76. The summed E-state index contributed by atoms with van der Waals surface area (Å²) in [5.41, 5.74) is 4.40. The van der Waals surface area contributed by atoms with Crippen LogP contribution in [0.3, 0.4) is 0 Å². The Bertz CT molecular complexity index is 1430. The molecule has 1 aliphatic heterocycles. The molecule has 0 spiro atoms. The van der Waals surface area contributed by atoms with Crippen LogP contribution < -0.4 is 20.5 Å². The van der Waals surface area contributed by atoms with E-state index >= 15 is 0 Å². The number of ether oxygens (including phenoxy) is 1. The first-order chi connectivity index (χ1) is 16.5. The van der Waals surface area contributed by atoms with Gasteiger partial charge in [-0.3, -0.25) is 20.1 Å². The molecule has 9 nitrogen and oxygen atoms in total. The summed E-state index contributed by atoms with van der Waals surface area (Å²) in [6.07, 6.45) is 1.72. The Morgan fingerprint density at radius 2 is 1.88 bits per heavy atom. The van der Waals surface area contributed by atoms with Crippen LogP contribution >= 0.6 is 11.6 Å². The third-order valence-corrected chi connectivity index (χ3v) is 5.61. The summed E-state index contributed by atoms with van der Waals surface area (Å²) < 4.78 is 5.72. The molecule has 0 bridgehead atoms. The number of aliphatic hydroxyl groups is 1. The molecule has 170 valence electrons. The molecular weight excluding hydrogens is 458 g/mol. The van der Waals surface area contributed by atoms with Gasteiger partial charge in [0.25, 0.3) is 11.8 Å². The van der Waals surface area contributed by atoms with Crippen LogP contribution in [-0.4, -0.2) is 33.8 Å². The molecule has 0 saturated carbocycles. The number of aromatic nitrogens is 2. The molecule has 3 aromatic carbocycles. The minimum absolute atomic E-state index is 0.205. The van der Waals surface area contributed by atoms with Gasteiger partial charge in [-0.1, -0.05) is 23.7 Å². The molecule has 4 aromatic rings. The van der Waals surface area contributed by atoms with Gasteiger partial charge < -0.3 is 15.2 Å². The Hall–Kier alpha value is -4.50. The summed E-state index contributed by atoms with van der Waals surface area (Å²) in [6, 6.07) is 18.9. The average molecular weight is 476 g/mol. The summed E-state index contributed by atoms with van der Waals surface area (Å²) in [7, 11) is 0. The number of carbonyl (C=O) groups is 2. The zero-order chi connectivity index (χ0) is 23.7. The van der Waals surface area contributed by atoms with E-state index < -0.39 is 17.6 Å². The van der Waals surface area contributed by atoms with Gasteiger partial charge in [0.15, 0.2) is 12.3 Å². The van der Waals surface area contributed by atoms with Crippen molar-refractivity contribution in [3.63, 3.8) is 0 Å². The topological polar surface area (TPSA) is 120 Å². The lowest BCUT2D eigenvalue weighted by Gasteiger charge is -2.15. The van der Waals surface area contributed by atoms with E-state index in [2.05, 4.69) is 20.9 Å². The number of hydrazine groups is 1. The van der Waals surface area contributed by atoms with Crippen LogP contribution in [-0.2, 0) is 9.59 Å². The predicted octanol–water partition coefficient (Wildman–Crippen LogP) is 4.01. The molecule has 2 heterocycles. The SMILES string of the molecule is O=C1NN(c2ccc(NCOc3ccc4[nH]ncc4c3)cc2)C(=O)/C1=C(\O)c1ccccc1Cl. The largest absolute Gasteiger partial charge is 0.506 e.